The first-order valence-corrected chi connectivity index (χ1v) is 8.40. The zero-order valence-electron chi connectivity index (χ0n) is 15.4. The van der Waals surface area contributed by atoms with E-state index in [-0.39, 0.29) is 6.09 Å². The molecule has 0 saturated carbocycles. The molecule has 0 spiro atoms. The Bertz CT molecular complexity index is 681. The van der Waals surface area contributed by atoms with Crippen molar-refractivity contribution in [3.05, 3.63) is 59.9 Å². The first kappa shape index (κ1) is 18.8. The summed E-state index contributed by atoms with van der Waals surface area (Å²) >= 11 is 0. The minimum atomic E-state index is -0.534. The van der Waals surface area contributed by atoms with Crippen molar-refractivity contribution in [3.8, 4) is 5.75 Å². The molecule has 1 aromatic heterocycles. The van der Waals surface area contributed by atoms with Crippen LogP contribution in [0.15, 0.2) is 48.8 Å². The molecule has 0 aliphatic rings. The smallest absolute Gasteiger partial charge is 0.410 e. The SMILES string of the molecule is Cc1cncc(OCCN(Cc2ccccc2)C(=O)OC(C)(C)C)c1. The van der Waals surface area contributed by atoms with E-state index in [9.17, 15) is 4.79 Å². The quantitative estimate of drug-likeness (QED) is 0.789. The summed E-state index contributed by atoms with van der Waals surface area (Å²) in [6.45, 7) is 8.82. The summed E-state index contributed by atoms with van der Waals surface area (Å²) in [5.74, 6) is 0.698. The van der Waals surface area contributed by atoms with E-state index in [4.69, 9.17) is 9.47 Å². The highest BCUT2D eigenvalue weighted by atomic mass is 16.6. The number of amides is 1. The number of nitrogens with zero attached hydrogens (tertiary/aromatic N) is 2. The molecule has 1 amide bonds. The van der Waals surface area contributed by atoms with Gasteiger partial charge in [0.25, 0.3) is 0 Å². The summed E-state index contributed by atoms with van der Waals surface area (Å²) in [6.07, 6.45) is 3.10. The van der Waals surface area contributed by atoms with E-state index in [1.165, 1.54) is 0 Å². The van der Waals surface area contributed by atoms with Crippen LogP contribution < -0.4 is 4.74 Å². The number of hydrogen-bond donors (Lipinski definition) is 0. The van der Waals surface area contributed by atoms with Crippen molar-refractivity contribution in [1.82, 2.24) is 9.88 Å². The van der Waals surface area contributed by atoms with Crippen molar-refractivity contribution in [2.24, 2.45) is 0 Å². The first-order valence-electron chi connectivity index (χ1n) is 8.40. The Kier molecular flexibility index (Phi) is 6.39. The second-order valence-electron chi connectivity index (χ2n) is 6.93. The van der Waals surface area contributed by atoms with Crippen molar-refractivity contribution < 1.29 is 14.3 Å². The van der Waals surface area contributed by atoms with Crippen LogP contribution in [0.3, 0.4) is 0 Å². The Morgan fingerprint density at radius 3 is 2.52 bits per heavy atom. The zero-order chi connectivity index (χ0) is 18.3. The summed E-state index contributed by atoms with van der Waals surface area (Å²) in [5.41, 5.74) is 1.55. The second-order valence-corrected chi connectivity index (χ2v) is 6.93. The second kappa shape index (κ2) is 8.51. The summed E-state index contributed by atoms with van der Waals surface area (Å²) in [4.78, 5) is 18.3. The molecule has 5 nitrogen and oxygen atoms in total. The minimum absolute atomic E-state index is 0.345. The largest absolute Gasteiger partial charge is 0.490 e. The Labute approximate surface area is 149 Å². The van der Waals surface area contributed by atoms with Crippen molar-refractivity contribution in [2.45, 2.75) is 39.8 Å². The maximum absolute atomic E-state index is 12.5. The lowest BCUT2D eigenvalue weighted by atomic mass is 10.2. The van der Waals surface area contributed by atoms with E-state index >= 15 is 0 Å². The maximum atomic E-state index is 12.5. The molecule has 25 heavy (non-hydrogen) atoms. The average Bonchev–Trinajstić information content (AvgIpc) is 2.53. The van der Waals surface area contributed by atoms with Crippen LogP contribution in [0, 0.1) is 6.92 Å². The van der Waals surface area contributed by atoms with Gasteiger partial charge in [-0.15, -0.1) is 0 Å². The lowest BCUT2D eigenvalue weighted by molar-refractivity contribution is 0.0209. The highest BCUT2D eigenvalue weighted by molar-refractivity contribution is 5.68. The third-order valence-electron chi connectivity index (χ3n) is 3.35. The van der Waals surface area contributed by atoms with Gasteiger partial charge in [0.05, 0.1) is 12.7 Å². The van der Waals surface area contributed by atoms with Gasteiger partial charge in [-0.2, -0.15) is 0 Å². The third kappa shape index (κ3) is 6.83. The van der Waals surface area contributed by atoms with Crippen LogP contribution in [0.5, 0.6) is 5.75 Å². The molecule has 0 unspecified atom stereocenters. The lowest BCUT2D eigenvalue weighted by Crippen LogP contribution is -2.38. The van der Waals surface area contributed by atoms with E-state index in [1.54, 1.807) is 17.3 Å². The monoisotopic (exact) mass is 342 g/mol. The van der Waals surface area contributed by atoms with Gasteiger partial charge in [-0.25, -0.2) is 4.79 Å². The molecule has 0 bridgehead atoms. The number of hydrogen-bond acceptors (Lipinski definition) is 4. The number of benzene rings is 1. The van der Waals surface area contributed by atoms with E-state index in [0.717, 1.165) is 11.1 Å². The van der Waals surface area contributed by atoms with E-state index in [0.29, 0.717) is 25.4 Å². The molecular formula is C20H26N2O3. The number of ether oxygens (including phenoxy) is 2. The molecule has 134 valence electrons. The predicted octanol–water partition coefficient (Wildman–Crippen LogP) is 4.21. The Morgan fingerprint density at radius 2 is 1.88 bits per heavy atom. The number of rotatable bonds is 6. The number of aromatic nitrogens is 1. The average molecular weight is 342 g/mol. The van der Waals surface area contributed by atoms with Gasteiger partial charge >= 0.3 is 6.09 Å². The standard InChI is InChI=1S/C20H26N2O3/c1-16-12-18(14-21-13-16)24-11-10-22(19(23)25-20(2,3)4)15-17-8-6-5-7-9-17/h5-9,12-14H,10-11,15H2,1-4H3. The van der Waals surface area contributed by atoms with Crippen LogP contribution in [0.2, 0.25) is 0 Å². The molecule has 0 saturated heterocycles. The zero-order valence-corrected chi connectivity index (χ0v) is 15.4. The minimum Gasteiger partial charge on any atom is -0.490 e. The number of carbonyl (C=O) groups is 1. The summed E-state index contributed by atoms with van der Waals surface area (Å²) in [7, 11) is 0. The third-order valence-corrected chi connectivity index (χ3v) is 3.35. The van der Waals surface area contributed by atoms with Gasteiger partial charge in [0.2, 0.25) is 0 Å². The first-order chi connectivity index (χ1) is 11.8. The van der Waals surface area contributed by atoms with Crippen LogP contribution in [0.1, 0.15) is 31.9 Å². The topological polar surface area (TPSA) is 51.7 Å². The van der Waals surface area contributed by atoms with E-state index in [2.05, 4.69) is 4.98 Å². The number of aryl methyl sites for hydroxylation is 1. The molecule has 0 fully saturated rings. The number of carbonyl (C=O) groups excluding carboxylic acids is 1. The Hall–Kier alpha value is -2.56. The van der Waals surface area contributed by atoms with Crippen LogP contribution >= 0.6 is 0 Å². The molecule has 2 aromatic rings. The molecule has 5 heteroatoms. The van der Waals surface area contributed by atoms with Gasteiger partial charge in [-0.1, -0.05) is 30.3 Å². The molecule has 0 aliphatic heterocycles. The van der Waals surface area contributed by atoms with Gasteiger partial charge in [0.15, 0.2) is 0 Å². The maximum Gasteiger partial charge on any atom is 0.410 e. The number of pyridine rings is 1. The predicted molar refractivity (Wildman–Crippen MR) is 97.6 cm³/mol. The molecule has 2 rings (SSSR count). The summed E-state index contributed by atoms with van der Waals surface area (Å²) in [6, 6.07) is 11.8. The van der Waals surface area contributed by atoms with Gasteiger partial charge in [0, 0.05) is 12.7 Å². The molecule has 0 radical (unpaired) electrons. The fraction of sp³-hybridized carbons (Fsp3) is 0.400. The van der Waals surface area contributed by atoms with Gasteiger partial charge in [-0.05, 0) is 44.9 Å². The van der Waals surface area contributed by atoms with E-state index in [1.807, 2.05) is 64.1 Å². The van der Waals surface area contributed by atoms with Gasteiger partial charge in [0.1, 0.15) is 18.0 Å². The molecule has 0 atom stereocenters. The Balaban J connectivity index is 1.99. The summed E-state index contributed by atoms with van der Waals surface area (Å²) < 4.78 is 11.2. The lowest BCUT2D eigenvalue weighted by Gasteiger charge is -2.27. The van der Waals surface area contributed by atoms with Crippen molar-refractivity contribution in [1.29, 1.82) is 0 Å². The fourth-order valence-corrected chi connectivity index (χ4v) is 2.25. The Morgan fingerprint density at radius 1 is 1.16 bits per heavy atom. The van der Waals surface area contributed by atoms with Crippen LogP contribution in [-0.4, -0.2) is 34.7 Å². The van der Waals surface area contributed by atoms with Crippen LogP contribution in [0.4, 0.5) is 4.79 Å². The van der Waals surface area contributed by atoms with Gasteiger partial charge in [-0.3, -0.25) is 4.98 Å². The molecule has 1 heterocycles. The molecule has 0 N–H and O–H groups in total. The molecule has 0 aliphatic carbocycles. The van der Waals surface area contributed by atoms with Crippen molar-refractivity contribution in [2.75, 3.05) is 13.2 Å². The highest BCUT2D eigenvalue weighted by Gasteiger charge is 2.22. The van der Waals surface area contributed by atoms with Crippen molar-refractivity contribution in [3.63, 3.8) is 0 Å². The molecule has 1 aromatic carbocycles. The van der Waals surface area contributed by atoms with Crippen LogP contribution in [-0.2, 0) is 11.3 Å². The van der Waals surface area contributed by atoms with Crippen molar-refractivity contribution >= 4 is 6.09 Å². The summed E-state index contributed by atoms with van der Waals surface area (Å²) in [5, 5.41) is 0. The van der Waals surface area contributed by atoms with E-state index < -0.39 is 5.60 Å². The molecular weight excluding hydrogens is 316 g/mol. The van der Waals surface area contributed by atoms with Gasteiger partial charge < -0.3 is 14.4 Å². The highest BCUT2D eigenvalue weighted by Crippen LogP contribution is 2.14. The van der Waals surface area contributed by atoms with Crippen LogP contribution in [0.25, 0.3) is 0 Å². The normalized spacial score (nSPS) is 11.0. The fourth-order valence-electron chi connectivity index (χ4n) is 2.25.